The first-order valence-electron chi connectivity index (χ1n) is 5.83. The zero-order chi connectivity index (χ0) is 13.5. The van der Waals surface area contributed by atoms with Crippen LogP contribution in [0, 0.1) is 0 Å². The van der Waals surface area contributed by atoms with Gasteiger partial charge in [-0.15, -0.1) is 0 Å². The maximum atomic E-state index is 10.7. The lowest BCUT2D eigenvalue weighted by Crippen LogP contribution is -2.38. The number of hydrogen-bond donors (Lipinski definition) is 1. The summed E-state index contributed by atoms with van der Waals surface area (Å²) in [6.07, 6.45) is 0. The molecule has 100 valence electrons. The van der Waals surface area contributed by atoms with Gasteiger partial charge in [0.15, 0.2) is 0 Å². The van der Waals surface area contributed by atoms with Crippen molar-refractivity contribution in [2.45, 2.75) is 19.9 Å². The number of hydrogen-bond acceptors (Lipinski definition) is 3. The Morgan fingerprint density at radius 1 is 1.50 bits per heavy atom. The summed E-state index contributed by atoms with van der Waals surface area (Å²) < 4.78 is 6.55. The summed E-state index contributed by atoms with van der Waals surface area (Å²) in [6.45, 7) is 5.06. The smallest absolute Gasteiger partial charge is 0.317 e. The van der Waals surface area contributed by atoms with E-state index in [-0.39, 0.29) is 12.6 Å². The Bertz CT molecular complexity index is 396. The van der Waals surface area contributed by atoms with Gasteiger partial charge in [-0.25, -0.2) is 0 Å². The maximum absolute atomic E-state index is 10.7. The topological polar surface area (TPSA) is 49.8 Å². The Balaban J connectivity index is 2.41. The molecule has 0 saturated heterocycles. The predicted octanol–water partition coefficient (Wildman–Crippen LogP) is 2.62. The van der Waals surface area contributed by atoms with Gasteiger partial charge in [-0.2, -0.15) is 0 Å². The molecular formula is C13H18BrNO3. The number of carboxylic acids is 1. The standard InChI is InChI=1S/C13H18BrNO3/c1-10(2)15(9-13(16)17)6-7-18-12-5-3-4-11(14)8-12/h3-5,8,10H,6-7,9H2,1-2H3,(H,16,17). The largest absolute Gasteiger partial charge is 0.492 e. The van der Waals surface area contributed by atoms with Crippen LogP contribution in [0.3, 0.4) is 0 Å². The number of rotatable bonds is 7. The van der Waals surface area contributed by atoms with Crippen molar-refractivity contribution in [3.8, 4) is 5.75 Å². The molecule has 0 atom stereocenters. The molecule has 1 aromatic carbocycles. The molecule has 0 fully saturated rings. The molecule has 1 aromatic rings. The molecule has 0 aromatic heterocycles. The fourth-order valence-corrected chi connectivity index (χ4v) is 1.91. The van der Waals surface area contributed by atoms with Crippen LogP contribution in [-0.2, 0) is 4.79 Å². The van der Waals surface area contributed by atoms with Crippen molar-refractivity contribution in [2.24, 2.45) is 0 Å². The van der Waals surface area contributed by atoms with Gasteiger partial charge in [0.2, 0.25) is 0 Å². The molecule has 0 saturated carbocycles. The first-order valence-corrected chi connectivity index (χ1v) is 6.62. The molecule has 0 aliphatic rings. The highest BCUT2D eigenvalue weighted by Crippen LogP contribution is 2.17. The number of benzene rings is 1. The number of ether oxygens (including phenoxy) is 1. The van der Waals surface area contributed by atoms with Crippen LogP contribution in [0.1, 0.15) is 13.8 Å². The Kier molecular flexibility index (Phi) is 6.15. The number of halogens is 1. The number of aliphatic carboxylic acids is 1. The molecule has 0 heterocycles. The zero-order valence-electron chi connectivity index (χ0n) is 10.6. The van der Waals surface area contributed by atoms with Crippen molar-refractivity contribution >= 4 is 21.9 Å². The lowest BCUT2D eigenvalue weighted by atomic mass is 10.3. The average molecular weight is 316 g/mol. The van der Waals surface area contributed by atoms with Crippen molar-refractivity contribution in [3.05, 3.63) is 28.7 Å². The van der Waals surface area contributed by atoms with Gasteiger partial charge < -0.3 is 9.84 Å². The number of nitrogens with zero attached hydrogens (tertiary/aromatic N) is 1. The van der Waals surface area contributed by atoms with E-state index in [1.807, 2.05) is 43.0 Å². The zero-order valence-corrected chi connectivity index (χ0v) is 12.2. The molecule has 18 heavy (non-hydrogen) atoms. The van der Waals surface area contributed by atoms with Crippen LogP contribution in [0.5, 0.6) is 5.75 Å². The molecule has 0 bridgehead atoms. The quantitative estimate of drug-likeness (QED) is 0.840. The highest BCUT2D eigenvalue weighted by Gasteiger charge is 2.12. The third-order valence-electron chi connectivity index (χ3n) is 2.51. The SMILES string of the molecule is CC(C)N(CCOc1cccc(Br)c1)CC(=O)O. The van der Waals surface area contributed by atoms with E-state index in [0.29, 0.717) is 13.2 Å². The highest BCUT2D eigenvalue weighted by molar-refractivity contribution is 9.10. The van der Waals surface area contributed by atoms with Crippen LogP contribution in [-0.4, -0.2) is 41.7 Å². The van der Waals surface area contributed by atoms with E-state index in [2.05, 4.69) is 15.9 Å². The summed E-state index contributed by atoms with van der Waals surface area (Å²) >= 11 is 3.37. The minimum Gasteiger partial charge on any atom is -0.492 e. The average Bonchev–Trinajstić information content (AvgIpc) is 2.27. The van der Waals surface area contributed by atoms with Gasteiger partial charge in [-0.1, -0.05) is 22.0 Å². The summed E-state index contributed by atoms with van der Waals surface area (Å²) in [5, 5.41) is 8.80. The predicted molar refractivity (Wildman–Crippen MR) is 74.0 cm³/mol. The summed E-state index contributed by atoms with van der Waals surface area (Å²) in [7, 11) is 0. The summed E-state index contributed by atoms with van der Waals surface area (Å²) in [6, 6.07) is 7.78. The first kappa shape index (κ1) is 15.0. The van der Waals surface area contributed by atoms with E-state index < -0.39 is 5.97 Å². The van der Waals surface area contributed by atoms with Crippen LogP contribution in [0.25, 0.3) is 0 Å². The third kappa shape index (κ3) is 5.51. The van der Waals surface area contributed by atoms with Crippen molar-refractivity contribution in [3.63, 3.8) is 0 Å². The van der Waals surface area contributed by atoms with Crippen LogP contribution in [0.2, 0.25) is 0 Å². The van der Waals surface area contributed by atoms with E-state index in [1.54, 1.807) is 0 Å². The summed E-state index contributed by atoms with van der Waals surface area (Å²) in [5.41, 5.74) is 0. The van der Waals surface area contributed by atoms with E-state index in [4.69, 9.17) is 9.84 Å². The molecule has 0 aliphatic heterocycles. The third-order valence-corrected chi connectivity index (χ3v) is 3.01. The van der Waals surface area contributed by atoms with Gasteiger partial charge in [0.1, 0.15) is 12.4 Å². The van der Waals surface area contributed by atoms with E-state index >= 15 is 0 Å². The van der Waals surface area contributed by atoms with Gasteiger partial charge in [0, 0.05) is 17.1 Å². The van der Waals surface area contributed by atoms with Crippen LogP contribution < -0.4 is 4.74 Å². The fourth-order valence-electron chi connectivity index (χ4n) is 1.53. The van der Waals surface area contributed by atoms with Crippen molar-refractivity contribution in [1.82, 2.24) is 4.90 Å². The Morgan fingerprint density at radius 3 is 2.78 bits per heavy atom. The lowest BCUT2D eigenvalue weighted by molar-refractivity contribution is -0.138. The summed E-state index contributed by atoms with van der Waals surface area (Å²) in [5.74, 6) is -0.0328. The Hall–Kier alpha value is -1.07. The monoisotopic (exact) mass is 315 g/mol. The first-order chi connectivity index (χ1) is 8.49. The van der Waals surface area contributed by atoms with Crippen molar-refractivity contribution in [1.29, 1.82) is 0 Å². The van der Waals surface area contributed by atoms with Crippen LogP contribution in [0.4, 0.5) is 0 Å². The van der Waals surface area contributed by atoms with Gasteiger partial charge in [-0.3, -0.25) is 9.69 Å². The van der Waals surface area contributed by atoms with Crippen LogP contribution >= 0.6 is 15.9 Å². The molecule has 0 radical (unpaired) electrons. The van der Waals surface area contributed by atoms with Crippen molar-refractivity contribution in [2.75, 3.05) is 19.7 Å². The molecule has 0 aliphatic carbocycles. The van der Waals surface area contributed by atoms with E-state index in [1.165, 1.54) is 0 Å². The Morgan fingerprint density at radius 2 is 2.22 bits per heavy atom. The van der Waals surface area contributed by atoms with E-state index in [0.717, 1.165) is 10.2 Å². The van der Waals surface area contributed by atoms with Gasteiger partial charge in [-0.05, 0) is 32.0 Å². The van der Waals surface area contributed by atoms with Crippen LogP contribution in [0.15, 0.2) is 28.7 Å². The molecule has 0 amide bonds. The molecule has 1 rings (SSSR count). The minimum absolute atomic E-state index is 0.0412. The molecule has 0 spiro atoms. The summed E-state index contributed by atoms with van der Waals surface area (Å²) in [4.78, 5) is 12.6. The number of carboxylic acid groups (broad SMARTS) is 1. The molecule has 0 unspecified atom stereocenters. The molecule has 1 N–H and O–H groups in total. The second-order valence-electron chi connectivity index (χ2n) is 4.26. The molecule has 4 nitrogen and oxygen atoms in total. The lowest BCUT2D eigenvalue weighted by Gasteiger charge is -2.24. The minimum atomic E-state index is -0.814. The van der Waals surface area contributed by atoms with Gasteiger partial charge >= 0.3 is 5.97 Å². The molecule has 5 heteroatoms. The maximum Gasteiger partial charge on any atom is 0.317 e. The Labute approximate surface area is 116 Å². The fraction of sp³-hybridized carbons (Fsp3) is 0.462. The second kappa shape index (κ2) is 7.38. The highest BCUT2D eigenvalue weighted by atomic mass is 79.9. The molecular weight excluding hydrogens is 298 g/mol. The number of carbonyl (C=O) groups is 1. The van der Waals surface area contributed by atoms with Crippen molar-refractivity contribution < 1.29 is 14.6 Å². The second-order valence-corrected chi connectivity index (χ2v) is 5.18. The van der Waals surface area contributed by atoms with Gasteiger partial charge in [0.25, 0.3) is 0 Å². The normalized spacial score (nSPS) is 10.9. The van der Waals surface area contributed by atoms with E-state index in [9.17, 15) is 4.79 Å². The van der Waals surface area contributed by atoms with Gasteiger partial charge in [0.05, 0.1) is 6.54 Å².